The maximum Gasteiger partial charge on any atom is 0.273 e. The van der Waals surface area contributed by atoms with E-state index in [2.05, 4.69) is 20.8 Å². The van der Waals surface area contributed by atoms with Crippen LogP contribution in [0.5, 0.6) is 0 Å². The molecule has 0 fully saturated rings. The number of hydrogen-bond acceptors (Lipinski definition) is 3. The molecule has 25 heavy (non-hydrogen) atoms. The Kier molecular flexibility index (Phi) is 4.47. The van der Waals surface area contributed by atoms with E-state index in [-0.39, 0.29) is 5.69 Å². The van der Waals surface area contributed by atoms with Gasteiger partial charge in [0.1, 0.15) is 11.9 Å². The summed E-state index contributed by atoms with van der Waals surface area (Å²) in [5.74, 6) is -1.32. The summed E-state index contributed by atoms with van der Waals surface area (Å²) in [5.41, 5.74) is 1.78. The van der Waals surface area contributed by atoms with Gasteiger partial charge in [-0.3, -0.25) is 14.7 Å². The van der Waals surface area contributed by atoms with Gasteiger partial charge in [-0.2, -0.15) is 5.10 Å². The summed E-state index contributed by atoms with van der Waals surface area (Å²) >= 11 is 0. The number of benzene rings is 2. The van der Waals surface area contributed by atoms with E-state index >= 15 is 0 Å². The van der Waals surface area contributed by atoms with Crippen LogP contribution in [-0.2, 0) is 4.79 Å². The van der Waals surface area contributed by atoms with Crippen molar-refractivity contribution in [2.75, 3.05) is 5.32 Å². The average Bonchev–Trinajstić information content (AvgIpc) is 3.02. The highest BCUT2D eigenvalue weighted by atomic mass is 19.1. The largest absolute Gasteiger partial charge is 0.339 e. The van der Waals surface area contributed by atoms with Crippen LogP contribution in [0.25, 0.3) is 10.9 Å². The number of para-hydroxylation sites is 1. The van der Waals surface area contributed by atoms with E-state index < -0.39 is 23.7 Å². The number of aromatic nitrogens is 2. The Bertz CT molecular complexity index is 951. The molecule has 2 aromatic carbocycles. The zero-order valence-corrected chi connectivity index (χ0v) is 13.8. The van der Waals surface area contributed by atoms with E-state index in [1.54, 1.807) is 44.2 Å². The topological polar surface area (TPSA) is 86.9 Å². The quantitative estimate of drug-likeness (QED) is 0.682. The van der Waals surface area contributed by atoms with Crippen LogP contribution < -0.4 is 10.6 Å². The van der Waals surface area contributed by atoms with Crippen molar-refractivity contribution < 1.29 is 14.0 Å². The Morgan fingerprint density at radius 2 is 1.96 bits per heavy atom. The number of anilines is 1. The van der Waals surface area contributed by atoms with Gasteiger partial charge < -0.3 is 10.6 Å². The molecule has 1 unspecified atom stereocenters. The van der Waals surface area contributed by atoms with E-state index in [1.807, 2.05) is 6.07 Å². The lowest BCUT2D eigenvalue weighted by atomic mass is 10.2. The minimum atomic E-state index is -0.813. The first kappa shape index (κ1) is 16.6. The van der Waals surface area contributed by atoms with Crippen molar-refractivity contribution >= 4 is 28.4 Å². The van der Waals surface area contributed by atoms with Gasteiger partial charge in [0.05, 0.1) is 5.52 Å². The predicted octanol–water partition coefficient (Wildman–Crippen LogP) is 2.77. The minimum absolute atomic E-state index is 0.219. The second-order valence-corrected chi connectivity index (χ2v) is 5.77. The van der Waals surface area contributed by atoms with Crippen molar-refractivity contribution in [2.45, 2.75) is 19.9 Å². The third-order valence-electron chi connectivity index (χ3n) is 3.87. The third-order valence-corrected chi connectivity index (χ3v) is 3.87. The summed E-state index contributed by atoms with van der Waals surface area (Å²) in [7, 11) is 0. The summed E-state index contributed by atoms with van der Waals surface area (Å²) in [6, 6.07) is 10.8. The molecular weight excluding hydrogens is 323 g/mol. The van der Waals surface area contributed by atoms with Gasteiger partial charge in [0.15, 0.2) is 5.69 Å². The number of fused-ring (bicyclic) bond motifs is 1. The number of rotatable bonds is 4. The van der Waals surface area contributed by atoms with Gasteiger partial charge in [-0.25, -0.2) is 4.39 Å². The highest BCUT2D eigenvalue weighted by molar-refractivity contribution is 6.06. The molecule has 7 heteroatoms. The Hall–Kier alpha value is -3.22. The molecule has 0 aliphatic carbocycles. The number of carbonyl (C=O) groups excluding carboxylic acids is 2. The van der Waals surface area contributed by atoms with Crippen molar-refractivity contribution in [3.63, 3.8) is 0 Å². The van der Waals surface area contributed by atoms with Gasteiger partial charge in [-0.1, -0.05) is 24.3 Å². The molecule has 0 radical (unpaired) electrons. The Balaban J connectivity index is 1.68. The maximum atomic E-state index is 13.5. The number of nitrogens with one attached hydrogen (secondary N) is 3. The fourth-order valence-electron chi connectivity index (χ4n) is 2.39. The molecule has 1 atom stereocenters. The predicted molar refractivity (Wildman–Crippen MR) is 92.8 cm³/mol. The zero-order chi connectivity index (χ0) is 18.0. The number of aryl methyl sites for hydroxylation is 1. The smallest absolute Gasteiger partial charge is 0.273 e. The van der Waals surface area contributed by atoms with Crippen LogP contribution in [0.3, 0.4) is 0 Å². The molecule has 0 aliphatic rings. The summed E-state index contributed by atoms with van der Waals surface area (Å²) in [6.07, 6.45) is 0. The van der Waals surface area contributed by atoms with E-state index in [4.69, 9.17) is 0 Å². The first-order chi connectivity index (χ1) is 12.0. The standard InChI is InChI=1S/C18H17FN4O2/c1-10-7-8-12(9-14(10)19)21-17(24)11(2)20-18(25)16-13-5-3-4-6-15(13)22-23-16/h3-9,11H,1-2H3,(H,20,25)(H,21,24)(H,22,23). The van der Waals surface area contributed by atoms with E-state index in [0.29, 0.717) is 16.6 Å². The van der Waals surface area contributed by atoms with Crippen LogP contribution in [0, 0.1) is 12.7 Å². The van der Waals surface area contributed by atoms with Gasteiger partial charge in [0.2, 0.25) is 5.91 Å². The van der Waals surface area contributed by atoms with Crippen LogP contribution in [0.15, 0.2) is 42.5 Å². The number of carbonyl (C=O) groups is 2. The van der Waals surface area contributed by atoms with Crippen molar-refractivity contribution in [3.8, 4) is 0 Å². The van der Waals surface area contributed by atoms with Crippen LogP contribution in [0.1, 0.15) is 23.0 Å². The van der Waals surface area contributed by atoms with Gasteiger partial charge in [-0.05, 0) is 37.6 Å². The molecule has 3 N–H and O–H groups in total. The second-order valence-electron chi connectivity index (χ2n) is 5.77. The van der Waals surface area contributed by atoms with E-state index in [9.17, 15) is 14.0 Å². The maximum absolute atomic E-state index is 13.5. The molecule has 0 aliphatic heterocycles. The third kappa shape index (κ3) is 3.50. The molecule has 128 valence electrons. The molecule has 2 amide bonds. The average molecular weight is 340 g/mol. The SMILES string of the molecule is Cc1ccc(NC(=O)C(C)NC(=O)c2n[nH]c3ccccc23)cc1F. The molecule has 0 bridgehead atoms. The van der Waals surface area contributed by atoms with Crippen molar-refractivity contribution in [3.05, 3.63) is 59.5 Å². The number of amides is 2. The zero-order valence-electron chi connectivity index (χ0n) is 13.8. The first-order valence-corrected chi connectivity index (χ1v) is 7.76. The highest BCUT2D eigenvalue weighted by Gasteiger charge is 2.20. The van der Waals surface area contributed by atoms with Gasteiger partial charge in [0.25, 0.3) is 5.91 Å². The summed E-state index contributed by atoms with van der Waals surface area (Å²) < 4.78 is 13.5. The lowest BCUT2D eigenvalue weighted by Crippen LogP contribution is -2.41. The van der Waals surface area contributed by atoms with E-state index in [0.717, 1.165) is 5.52 Å². The van der Waals surface area contributed by atoms with Gasteiger partial charge >= 0.3 is 0 Å². The van der Waals surface area contributed by atoms with Crippen LogP contribution >= 0.6 is 0 Å². The summed E-state index contributed by atoms with van der Waals surface area (Å²) in [4.78, 5) is 24.6. The van der Waals surface area contributed by atoms with Crippen LogP contribution in [-0.4, -0.2) is 28.1 Å². The summed E-state index contributed by atoms with van der Waals surface area (Å²) in [5, 5.41) is 12.6. The first-order valence-electron chi connectivity index (χ1n) is 7.76. The highest BCUT2D eigenvalue weighted by Crippen LogP contribution is 2.16. The fraction of sp³-hybridized carbons (Fsp3) is 0.167. The van der Waals surface area contributed by atoms with Crippen molar-refractivity contribution in [2.24, 2.45) is 0 Å². The Labute approximate surface area is 143 Å². The molecule has 0 spiro atoms. The lowest BCUT2D eigenvalue weighted by molar-refractivity contribution is -0.117. The monoisotopic (exact) mass is 340 g/mol. The number of H-pyrrole nitrogens is 1. The molecule has 3 aromatic rings. The summed E-state index contributed by atoms with van der Waals surface area (Å²) in [6.45, 7) is 3.19. The molecule has 0 saturated heterocycles. The Morgan fingerprint density at radius 1 is 1.20 bits per heavy atom. The number of halogens is 1. The molecule has 0 saturated carbocycles. The van der Waals surface area contributed by atoms with Crippen molar-refractivity contribution in [1.82, 2.24) is 15.5 Å². The Morgan fingerprint density at radius 3 is 2.72 bits per heavy atom. The normalized spacial score (nSPS) is 12.0. The second kappa shape index (κ2) is 6.72. The van der Waals surface area contributed by atoms with Crippen LogP contribution in [0.4, 0.5) is 10.1 Å². The number of nitrogens with zero attached hydrogens (tertiary/aromatic N) is 1. The number of aromatic amines is 1. The van der Waals surface area contributed by atoms with E-state index in [1.165, 1.54) is 6.07 Å². The minimum Gasteiger partial charge on any atom is -0.339 e. The van der Waals surface area contributed by atoms with Gasteiger partial charge in [0, 0.05) is 11.1 Å². The molecule has 1 heterocycles. The van der Waals surface area contributed by atoms with Crippen LogP contribution in [0.2, 0.25) is 0 Å². The van der Waals surface area contributed by atoms with Gasteiger partial charge in [-0.15, -0.1) is 0 Å². The lowest BCUT2D eigenvalue weighted by Gasteiger charge is -2.14. The fourth-order valence-corrected chi connectivity index (χ4v) is 2.39. The molecule has 3 rings (SSSR count). The van der Waals surface area contributed by atoms with Crippen molar-refractivity contribution in [1.29, 1.82) is 0 Å². The number of hydrogen-bond donors (Lipinski definition) is 3. The molecule has 1 aromatic heterocycles. The molecule has 6 nitrogen and oxygen atoms in total. The molecular formula is C18H17FN4O2.